The molecule has 1 N–H and O–H groups in total. The minimum absolute atomic E-state index is 0.00512. The number of aliphatic hydroxyl groups is 1. The van der Waals surface area contributed by atoms with Gasteiger partial charge in [0.15, 0.2) is 0 Å². The molecular weight excluding hydrogens is 398 g/mol. The Balaban J connectivity index is 3.07. The molecule has 0 radical (unpaired) electrons. The van der Waals surface area contributed by atoms with E-state index in [1.54, 1.807) is 6.92 Å². The second-order valence-electron chi connectivity index (χ2n) is 8.88. The number of esters is 1. The van der Waals surface area contributed by atoms with Gasteiger partial charge >= 0.3 is 5.97 Å². The standard InChI is InChI=1S/C28H37NO3/c1-8-11-12-17-23-24(22-16-14-13-15-21(22)9-2)28(18-30,27(31)32-10-3)26(20(6)7)29-25(23)19(4)5/h2,12-17,19-20,26,30H,8,10-11,18H2,1,3-7H3. The second kappa shape index (κ2) is 11.3. The van der Waals surface area contributed by atoms with E-state index in [4.69, 9.17) is 16.2 Å². The van der Waals surface area contributed by atoms with Crippen LogP contribution < -0.4 is 0 Å². The fraction of sp³-hybridized carbons (Fsp3) is 0.500. The first kappa shape index (κ1) is 25.6. The van der Waals surface area contributed by atoms with Crippen molar-refractivity contribution < 1.29 is 14.6 Å². The van der Waals surface area contributed by atoms with Crippen LogP contribution in [0.25, 0.3) is 5.57 Å². The number of hydrogen-bond acceptors (Lipinski definition) is 4. The van der Waals surface area contributed by atoms with E-state index in [0.717, 1.165) is 35.3 Å². The minimum Gasteiger partial charge on any atom is -0.465 e. The summed E-state index contributed by atoms with van der Waals surface area (Å²) in [5.74, 6) is 2.43. The Morgan fingerprint density at radius 2 is 1.97 bits per heavy atom. The summed E-state index contributed by atoms with van der Waals surface area (Å²) in [6.07, 6.45) is 11.9. The number of nitrogens with zero attached hydrogens (tertiary/aromatic N) is 1. The highest BCUT2D eigenvalue weighted by Crippen LogP contribution is 2.49. The number of hydrogen-bond donors (Lipinski definition) is 1. The van der Waals surface area contributed by atoms with Crippen LogP contribution in [-0.2, 0) is 9.53 Å². The number of rotatable bonds is 9. The number of carbonyl (C=O) groups excluding carboxylic acids is 1. The lowest BCUT2D eigenvalue weighted by Crippen LogP contribution is -2.52. The summed E-state index contributed by atoms with van der Waals surface area (Å²) in [5.41, 5.74) is 2.60. The number of dihydropyridines is 1. The highest BCUT2D eigenvalue weighted by molar-refractivity contribution is 6.15. The fourth-order valence-corrected chi connectivity index (χ4v) is 4.49. The van der Waals surface area contributed by atoms with E-state index in [2.05, 4.69) is 32.8 Å². The maximum absolute atomic E-state index is 13.6. The Hall–Kier alpha value is -2.64. The molecule has 2 unspecified atom stereocenters. The largest absolute Gasteiger partial charge is 0.465 e. The van der Waals surface area contributed by atoms with E-state index < -0.39 is 24.0 Å². The fourth-order valence-electron chi connectivity index (χ4n) is 4.49. The maximum atomic E-state index is 13.6. The lowest BCUT2D eigenvalue weighted by atomic mass is 9.63. The number of terminal acetylenes is 1. The van der Waals surface area contributed by atoms with E-state index in [1.807, 2.05) is 44.2 Å². The van der Waals surface area contributed by atoms with Crippen LogP contribution in [0, 0.1) is 29.6 Å². The SMILES string of the molecule is C#Cc1ccccc1C1=C(C=CCCC)C(C(C)C)=NC(C(C)C)C1(CO)C(=O)OCC. The van der Waals surface area contributed by atoms with Crippen molar-refractivity contribution in [1.29, 1.82) is 0 Å². The molecule has 2 rings (SSSR count). The normalized spacial score (nSPS) is 21.2. The van der Waals surface area contributed by atoms with E-state index in [-0.39, 0.29) is 18.4 Å². The number of unbranched alkanes of at least 4 members (excludes halogenated alkanes) is 1. The summed E-state index contributed by atoms with van der Waals surface area (Å²) < 4.78 is 5.57. The van der Waals surface area contributed by atoms with Crippen LogP contribution in [-0.4, -0.2) is 36.0 Å². The molecule has 0 spiro atoms. The Morgan fingerprint density at radius 3 is 2.50 bits per heavy atom. The third-order valence-electron chi connectivity index (χ3n) is 5.93. The van der Waals surface area contributed by atoms with Gasteiger partial charge in [0, 0.05) is 16.8 Å². The summed E-state index contributed by atoms with van der Waals surface area (Å²) in [7, 11) is 0. The average Bonchev–Trinajstić information content (AvgIpc) is 2.78. The average molecular weight is 436 g/mol. The Kier molecular flexibility index (Phi) is 9.04. The van der Waals surface area contributed by atoms with Gasteiger partial charge in [-0.15, -0.1) is 6.42 Å². The molecule has 0 fully saturated rings. The van der Waals surface area contributed by atoms with Crippen LogP contribution in [0.2, 0.25) is 0 Å². The predicted molar refractivity (Wildman–Crippen MR) is 132 cm³/mol. The molecule has 0 saturated heterocycles. The predicted octanol–water partition coefficient (Wildman–Crippen LogP) is 5.45. The van der Waals surface area contributed by atoms with Crippen LogP contribution in [0.1, 0.15) is 65.5 Å². The molecule has 2 atom stereocenters. The molecule has 172 valence electrons. The van der Waals surface area contributed by atoms with E-state index >= 15 is 0 Å². The van der Waals surface area contributed by atoms with Crippen molar-refractivity contribution in [2.24, 2.45) is 22.2 Å². The monoisotopic (exact) mass is 435 g/mol. The molecular formula is C28H37NO3. The van der Waals surface area contributed by atoms with Gasteiger partial charge in [-0.3, -0.25) is 9.79 Å². The number of ether oxygens (including phenoxy) is 1. The summed E-state index contributed by atoms with van der Waals surface area (Å²) >= 11 is 0. The van der Waals surface area contributed by atoms with Gasteiger partial charge in [0.2, 0.25) is 0 Å². The van der Waals surface area contributed by atoms with E-state index in [9.17, 15) is 9.90 Å². The zero-order chi connectivity index (χ0) is 23.9. The number of carbonyl (C=O) groups is 1. The van der Waals surface area contributed by atoms with Gasteiger partial charge in [-0.2, -0.15) is 0 Å². The minimum atomic E-state index is -1.35. The molecule has 32 heavy (non-hydrogen) atoms. The highest BCUT2D eigenvalue weighted by Gasteiger charge is 2.55. The van der Waals surface area contributed by atoms with Gasteiger partial charge in [0.25, 0.3) is 0 Å². The summed E-state index contributed by atoms with van der Waals surface area (Å²) in [6.45, 7) is 12.0. The van der Waals surface area contributed by atoms with Crippen molar-refractivity contribution in [3.63, 3.8) is 0 Å². The molecule has 1 aliphatic heterocycles. The number of aliphatic hydroxyl groups excluding tert-OH is 1. The van der Waals surface area contributed by atoms with Gasteiger partial charge < -0.3 is 9.84 Å². The third kappa shape index (κ3) is 4.74. The van der Waals surface area contributed by atoms with Gasteiger partial charge in [0.05, 0.1) is 19.3 Å². The van der Waals surface area contributed by atoms with Crippen molar-refractivity contribution in [3.8, 4) is 12.3 Å². The summed E-state index contributed by atoms with van der Waals surface area (Å²) in [6, 6.07) is 7.12. The van der Waals surface area contributed by atoms with Gasteiger partial charge in [-0.25, -0.2) is 0 Å². The molecule has 1 heterocycles. The van der Waals surface area contributed by atoms with Crippen LogP contribution in [0.15, 0.2) is 47.0 Å². The zero-order valence-corrected chi connectivity index (χ0v) is 20.3. The van der Waals surface area contributed by atoms with Crippen LogP contribution in [0.3, 0.4) is 0 Å². The Bertz CT molecular complexity index is 946. The van der Waals surface area contributed by atoms with Gasteiger partial charge in [0.1, 0.15) is 5.41 Å². The molecule has 0 bridgehead atoms. The van der Waals surface area contributed by atoms with Gasteiger partial charge in [-0.05, 0) is 42.4 Å². The first-order valence-electron chi connectivity index (χ1n) is 11.6. The second-order valence-corrected chi connectivity index (χ2v) is 8.88. The zero-order valence-electron chi connectivity index (χ0n) is 20.3. The third-order valence-corrected chi connectivity index (χ3v) is 5.93. The number of allylic oxidation sites excluding steroid dienone is 3. The van der Waals surface area contributed by atoms with Crippen molar-refractivity contribution in [2.75, 3.05) is 13.2 Å². The number of benzene rings is 1. The molecule has 1 aromatic carbocycles. The molecule has 4 heteroatoms. The van der Waals surface area contributed by atoms with Crippen molar-refractivity contribution in [3.05, 3.63) is 53.1 Å². The van der Waals surface area contributed by atoms with Gasteiger partial charge in [-0.1, -0.05) is 77.3 Å². The topological polar surface area (TPSA) is 58.9 Å². The molecule has 0 aliphatic carbocycles. The van der Waals surface area contributed by atoms with E-state index in [0.29, 0.717) is 5.56 Å². The molecule has 0 saturated carbocycles. The smallest absolute Gasteiger partial charge is 0.321 e. The lowest BCUT2D eigenvalue weighted by molar-refractivity contribution is -0.155. The quantitative estimate of drug-likeness (QED) is 0.414. The molecule has 1 aliphatic rings. The molecule has 1 aromatic rings. The summed E-state index contributed by atoms with van der Waals surface area (Å²) in [5, 5.41) is 10.9. The molecule has 0 amide bonds. The molecule has 0 aromatic heterocycles. The van der Waals surface area contributed by atoms with Crippen molar-refractivity contribution >= 4 is 17.3 Å². The van der Waals surface area contributed by atoms with Crippen LogP contribution in [0.4, 0.5) is 0 Å². The summed E-state index contributed by atoms with van der Waals surface area (Å²) in [4.78, 5) is 18.7. The van der Waals surface area contributed by atoms with Crippen molar-refractivity contribution in [2.45, 2.75) is 60.4 Å². The Morgan fingerprint density at radius 1 is 1.28 bits per heavy atom. The first-order chi connectivity index (χ1) is 15.3. The van der Waals surface area contributed by atoms with Crippen LogP contribution >= 0.6 is 0 Å². The Labute approximate surface area is 193 Å². The highest BCUT2D eigenvalue weighted by atomic mass is 16.5. The molecule has 4 nitrogen and oxygen atoms in total. The van der Waals surface area contributed by atoms with Crippen LogP contribution in [0.5, 0.6) is 0 Å². The maximum Gasteiger partial charge on any atom is 0.321 e. The number of aliphatic imine (C=N–C) groups is 1. The lowest BCUT2D eigenvalue weighted by Gasteiger charge is -2.44. The van der Waals surface area contributed by atoms with Crippen molar-refractivity contribution in [1.82, 2.24) is 0 Å². The first-order valence-corrected chi connectivity index (χ1v) is 11.6. The van der Waals surface area contributed by atoms with E-state index in [1.165, 1.54) is 0 Å².